The molecule has 0 aromatic heterocycles. The van der Waals surface area contributed by atoms with Crippen LogP contribution in [0, 0.1) is 23.2 Å². The minimum atomic E-state index is -0.122. The van der Waals surface area contributed by atoms with Crippen molar-refractivity contribution >= 4 is 0 Å². The molecule has 1 aliphatic carbocycles. The molecule has 41 heavy (non-hydrogen) atoms. The van der Waals surface area contributed by atoms with E-state index in [0.717, 1.165) is 48.3 Å². The lowest BCUT2D eigenvalue weighted by Gasteiger charge is -2.34. The van der Waals surface area contributed by atoms with Gasteiger partial charge in [0.05, 0.1) is 0 Å². The molecule has 1 rings (SSSR count). The third-order valence-corrected chi connectivity index (χ3v) is 5.72. The molecule has 0 amide bonds. The van der Waals surface area contributed by atoms with Crippen LogP contribution in [0.1, 0.15) is 169 Å². The SMILES string of the molecule is C=CCC(C)(/C=C1\CC(=C)CC(C(C)C)C1)C(=C)C(=C)CC(=C)C.CC.CC.CC.CC(C)C.CCC.CCCC. The fraction of sp³-hybridized carbons (Fsp3) is 0.707. The molecule has 1 fully saturated rings. The van der Waals surface area contributed by atoms with Gasteiger partial charge in [-0.05, 0) is 67.9 Å². The molecule has 1 saturated carbocycles. The van der Waals surface area contributed by atoms with Crippen molar-refractivity contribution in [1.29, 1.82) is 0 Å². The maximum absolute atomic E-state index is 4.38. The summed E-state index contributed by atoms with van der Waals surface area (Å²) in [4.78, 5) is 0. The first-order chi connectivity index (χ1) is 19.1. The summed E-state index contributed by atoms with van der Waals surface area (Å²) in [6.45, 7) is 56.9. The van der Waals surface area contributed by atoms with Gasteiger partial charge in [0.1, 0.15) is 0 Å². The Morgan fingerprint density at radius 2 is 1.24 bits per heavy atom. The van der Waals surface area contributed by atoms with Crippen LogP contribution in [0.25, 0.3) is 0 Å². The van der Waals surface area contributed by atoms with Crippen molar-refractivity contribution in [3.8, 4) is 0 Å². The van der Waals surface area contributed by atoms with Crippen LogP contribution in [-0.2, 0) is 0 Å². The number of rotatable bonds is 9. The minimum Gasteiger partial charge on any atom is -0.103 e. The third kappa shape index (κ3) is 34.5. The van der Waals surface area contributed by atoms with Crippen molar-refractivity contribution in [3.63, 3.8) is 0 Å². The van der Waals surface area contributed by atoms with Crippen LogP contribution in [0.4, 0.5) is 0 Å². The van der Waals surface area contributed by atoms with Crippen molar-refractivity contribution in [3.05, 3.63) is 72.9 Å². The molecular formula is C41H82. The molecule has 0 heterocycles. The van der Waals surface area contributed by atoms with Gasteiger partial charge >= 0.3 is 0 Å². The van der Waals surface area contributed by atoms with Crippen LogP contribution in [0.2, 0.25) is 0 Å². The van der Waals surface area contributed by atoms with Crippen molar-refractivity contribution in [2.24, 2.45) is 23.2 Å². The van der Waals surface area contributed by atoms with Crippen LogP contribution in [0.3, 0.4) is 0 Å². The Bertz CT molecular complexity index is 647. The van der Waals surface area contributed by atoms with Gasteiger partial charge in [0.2, 0.25) is 0 Å². The van der Waals surface area contributed by atoms with Gasteiger partial charge in [-0.1, -0.05) is 185 Å². The summed E-state index contributed by atoms with van der Waals surface area (Å²) in [6, 6.07) is 0. The zero-order chi connectivity index (χ0) is 34.2. The van der Waals surface area contributed by atoms with E-state index < -0.39 is 0 Å². The van der Waals surface area contributed by atoms with Crippen LogP contribution < -0.4 is 0 Å². The molecule has 2 unspecified atom stereocenters. The van der Waals surface area contributed by atoms with Crippen LogP contribution in [0.15, 0.2) is 72.9 Å². The first-order valence-corrected chi connectivity index (χ1v) is 17.1. The van der Waals surface area contributed by atoms with Gasteiger partial charge in [0, 0.05) is 5.41 Å². The van der Waals surface area contributed by atoms with Crippen molar-refractivity contribution < 1.29 is 0 Å². The number of hydrogen-bond acceptors (Lipinski definition) is 0. The smallest absolute Gasteiger partial charge is 0.0137 e. The maximum Gasteiger partial charge on any atom is 0.0137 e. The summed E-state index contributed by atoms with van der Waals surface area (Å²) < 4.78 is 0. The average Bonchev–Trinajstić information content (AvgIpc) is 2.91. The summed E-state index contributed by atoms with van der Waals surface area (Å²) in [5, 5.41) is 0. The zero-order valence-corrected chi connectivity index (χ0v) is 32.1. The van der Waals surface area contributed by atoms with E-state index in [2.05, 4.69) is 108 Å². The van der Waals surface area contributed by atoms with Gasteiger partial charge in [-0.2, -0.15) is 0 Å². The van der Waals surface area contributed by atoms with Crippen molar-refractivity contribution in [2.45, 2.75) is 169 Å². The molecule has 1 aliphatic rings. The summed E-state index contributed by atoms with van der Waals surface area (Å²) in [5.41, 5.74) is 6.05. The quantitative estimate of drug-likeness (QED) is 0.190. The molecule has 0 saturated heterocycles. The predicted molar refractivity (Wildman–Crippen MR) is 201 cm³/mol. The first kappa shape index (κ1) is 52.1. The van der Waals surface area contributed by atoms with Gasteiger partial charge in [-0.25, -0.2) is 0 Å². The lowest BCUT2D eigenvalue weighted by atomic mass is 9.71. The molecule has 0 bridgehead atoms. The highest BCUT2D eigenvalue weighted by Gasteiger charge is 2.29. The van der Waals surface area contributed by atoms with Gasteiger partial charge < -0.3 is 0 Å². The van der Waals surface area contributed by atoms with Gasteiger partial charge in [-0.15, -0.1) is 6.58 Å². The first-order valence-electron chi connectivity index (χ1n) is 17.1. The molecule has 246 valence electrons. The molecule has 0 heteroatoms. The number of hydrogen-bond donors (Lipinski definition) is 0. The maximum atomic E-state index is 4.38. The Labute approximate surface area is 264 Å². The highest BCUT2D eigenvalue weighted by molar-refractivity contribution is 5.39. The molecule has 2 atom stereocenters. The standard InChI is InChI=1S/C24H36.2C4H10.C3H8.3C2H6/c1-10-11-24(9,21(8)20(7)12-17(2)3)16-22-13-19(6)14-23(15-22)18(4)5;1-4(2)3;1-3-4-2;1-3-2;3*1-2/h10,16,18,23H,1-2,6-8,11-15H2,3-5,9H3;4H,1-3H3;3-4H2,1-2H3;3H2,1-2H3;3*1-2H3/b22-16+;;;;;;. The van der Waals surface area contributed by atoms with Crippen molar-refractivity contribution in [1.82, 2.24) is 0 Å². The van der Waals surface area contributed by atoms with E-state index in [1.165, 1.54) is 36.8 Å². The molecule has 0 N–H and O–H groups in total. The Balaban J connectivity index is -0.000000149. The fourth-order valence-corrected chi connectivity index (χ4v) is 3.72. The second-order valence-corrected chi connectivity index (χ2v) is 11.7. The second kappa shape index (κ2) is 36.5. The van der Waals surface area contributed by atoms with Crippen LogP contribution in [0.5, 0.6) is 0 Å². The third-order valence-electron chi connectivity index (χ3n) is 5.72. The molecule has 0 aliphatic heterocycles. The molecular weight excluding hydrogens is 492 g/mol. The average molecular weight is 575 g/mol. The summed E-state index contributed by atoms with van der Waals surface area (Å²) >= 11 is 0. The Morgan fingerprint density at radius 1 is 0.854 bits per heavy atom. The van der Waals surface area contributed by atoms with Crippen molar-refractivity contribution in [2.75, 3.05) is 0 Å². The van der Waals surface area contributed by atoms with E-state index in [0.29, 0.717) is 11.8 Å². The Hall–Kier alpha value is -1.56. The van der Waals surface area contributed by atoms with E-state index >= 15 is 0 Å². The van der Waals surface area contributed by atoms with E-state index in [1.807, 2.05) is 54.5 Å². The molecule has 0 aromatic rings. The lowest BCUT2D eigenvalue weighted by Crippen LogP contribution is -2.21. The summed E-state index contributed by atoms with van der Waals surface area (Å²) in [5.74, 6) is 2.23. The summed E-state index contributed by atoms with van der Waals surface area (Å²) in [7, 11) is 0. The monoisotopic (exact) mass is 575 g/mol. The minimum absolute atomic E-state index is 0.122. The molecule has 0 spiro atoms. The van der Waals surface area contributed by atoms with E-state index in [4.69, 9.17) is 0 Å². The Kier molecular flexibility index (Phi) is 46.4. The highest BCUT2D eigenvalue weighted by Crippen LogP contribution is 2.43. The lowest BCUT2D eigenvalue weighted by molar-refractivity contribution is 0.354. The summed E-state index contributed by atoms with van der Waals surface area (Å²) in [6.07, 6.45) is 13.4. The van der Waals surface area contributed by atoms with E-state index in [9.17, 15) is 0 Å². The second-order valence-electron chi connectivity index (χ2n) is 11.7. The van der Waals surface area contributed by atoms with Crippen LogP contribution >= 0.6 is 0 Å². The van der Waals surface area contributed by atoms with Gasteiger partial charge in [0.15, 0.2) is 0 Å². The Morgan fingerprint density at radius 3 is 1.54 bits per heavy atom. The largest absolute Gasteiger partial charge is 0.103 e. The van der Waals surface area contributed by atoms with Crippen LogP contribution in [-0.4, -0.2) is 0 Å². The number of allylic oxidation sites excluding steroid dienone is 7. The molecule has 0 radical (unpaired) electrons. The fourth-order valence-electron chi connectivity index (χ4n) is 3.72. The van der Waals surface area contributed by atoms with E-state index in [1.54, 1.807) is 0 Å². The molecule has 0 aromatic carbocycles. The zero-order valence-electron chi connectivity index (χ0n) is 32.1. The normalized spacial score (nSPS) is 15.5. The predicted octanol–water partition coefficient (Wildman–Crippen LogP) is 15.5. The topological polar surface area (TPSA) is 0 Å². The van der Waals surface area contributed by atoms with Gasteiger partial charge in [0.25, 0.3) is 0 Å². The number of unbranched alkanes of at least 4 members (excludes halogenated alkanes) is 1. The van der Waals surface area contributed by atoms with E-state index in [-0.39, 0.29) is 5.41 Å². The highest BCUT2D eigenvalue weighted by atomic mass is 14.3. The molecule has 0 nitrogen and oxygen atoms in total. The van der Waals surface area contributed by atoms with Gasteiger partial charge in [-0.3, -0.25) is 0 Å².